The molecule has 1 saturated heterocycles. The van der Waals surface area contributed by atoms with Gasteiger partial charge in [0.1, 0.15) is 11.3 Å². The number of para-hydroxylation sites is 2. The van der Waals surface area contributed by atoms with Gasteiger partial charge in [0, 0.05) is 6.42 Å². The van der Waals surface area contributed by atoms with Crippen LogP contribution >= 0.6 is 0 Å². The lowest BCUT2D eigenvalue weighted by Crippen LogP contribution is -2.35. The van der Waals surface area contributed by atoms with E-state index in [9.17, 15) is 9.59 Å². The van der Waals surface area contributed by atoms with Gasteiger partial charge in [0.05, 0.1) is 26.0 Å². The highest BCUT2D eigenvalue weighted by atomic mass is 16.5. The molecule has 0 saturated carbocycles. The van der Waals surface area contributed by atoms with E-state index in [0.717, 1.165) is 5.75 Å². The first kappa shape index (κ1) is 22.0. The van der Waals surface area contributed by atoms with Crippen molar-refractivity contribution in [2.24, 2.45) is 0 Å². The number of carbonyl (C=O) groups is 2. The van der Waals surface area contributed by atoms with Crippen LogP contribution in [0.2, 0.25) is 0 Å². The molecule has 0 aromatic heterocycles. The lowest BCUT2D eigenvalue weighted by atomic mass is 10.1. The number of amides is 2. The second kappa shape index (κ2) is 10.4. The van der Waals surface area contributed by atoms with Gasteiger partial charge in [-0.15, -0.1) is 0 Å². The third-order valence-electron chi connectivity index (χ3n) is 4.96. The molecule has 3 aromatic carbocycles. The summed E-state index contributed by atoms with van der Waals surface area (Å²) in [4.78, 5) is 25.1. The molecule has 7 nitrogen and oxygen atoms in total. The summed E-state index contributed by atoms with van der Waals surface area (Å²) in [7, 11) is 1.54. The fourth-order valence-corrected chi connectivity index (χ4v) is 3.32. The average molecular weight is 444 g/mol. The topological polar surface area (TPSA) is 77.1 Å². The number of carbonyl (C=O) groups excluding carboxylic acids is 2. The molecule has 1 fully saturated rings. The van der Waals surface area contributed by atoms with Gasteiger partial charge >= 0.3 is 0 Å². The molecule has 1 heterocycles. The molecule has 3 aromatic rings. The SMILES string of the molecule is COc1cc(/C=C2\C(=O)NN(c3ccccc3)C2=O)ccc1OCCCOc1ccccc1. The third kappa shape index (κ3) is 5.33. The molecule has 1 N–H and O–H groups in total. The number of benzene rings is 3. The Morgan fingerprint density at radius 1 is 0.848 bits per heavy atom. The number of rotatable bonds is 9. The zero-order chi connectivity index (χ0) is 23.0. The second-order valence-corrected chi connectivity index (χ2v) is 7.25. The highest BCUT2D eigenvalue weighted by Crippen LogP contribution is 2.30. The zero-order valence-electron chi connectivity index (χ0n) is 18.2. The normalized spacial score (nSPS) is 14.3. The molecule has 0 radical (unpaired) electrons. The van der Waals surface area contributed by atoms with E-state index in [1.807, 2.05) is 36.4 Å². The van der Waals surface area contributed by atoms with Crippen LogP contribution in [0.3, 0.4) is 0 Å². The van der Waals surface area contributed by atoms with Crippen molar-refractivity contribution in [3.05, 3.63) is 90.0 Å². The van der Waals surface area contributed by atoms with Gasteiger partial charge in [0.25, 0.3) is 11.8 Å². The number of anilines is 1. The number of hydrogen-bond acceptors (Lipinski definition) is 5. The minimum atomic E-state index is -0.457. The fraction of sp³-hybridized carbons (Fsp3) is 0.154. The minimum absolute atomic E-state index is 0.0487. The lowest BCUT2D eigenvalue weighted by molar-refractivity contribution is -0.117. The van der Waals surface area contributed by atoms with E-state index >= 15 is 0 Å². The lowest BCUT2D eigenvalue weighted by Gasteiger charge is -2.14. The van der Waals surface area contributed by atoms with E-state index in [2.05, 4.69) is 5.43 Å². The van der Waals surface area contributed by atoms with Crippen LogP contribution in [0.5, 0.6) is 17.2 Å². The minimum Gasteiger partial charge on any atom is -0.493 e. The Labute approximate surface area is 192 Å². The van der Waals surface area contributed by atoms with Gasteiger partial charge in [0.15, 0.2) is 11.5 Å². The maximum Gasteiger partial charge on any atom is 0.282 e. The first-order chi connectivity index (χ1) is 16.2. The Bertz CT molecular complexity index is 1150. The molecule has 2 amide bonds. The molecular formula is C26H24N2O5. The number of nitrogens with one attached hydrogen (secondary N) is 1. The van der Waals surface area contributed by atoms with Crippen molar-refractivity contribution in [2.45, 2.75) is 6.42 Å². The third-order valence-corrected chi connectivity index (χ3v) is 4.96. The Morgan fingerprint density at radius 2 is 1.55 bits per heavy atom. The summed E-state index contributed by atoms with van der Waals surface area (Å²) < 4.78 is 16.9. The molecule has 0 unspecified atom stereocenters. The molecule has 0 bridgehead atoms. The molecule has 168 valence electrons. The van der Waals surface area contributed by atoms with Gasteiger partial charge < -0.3 is 14.2 Å². The van der Waals surface area contributed by atoms with Crippen molar-refractivity contribution in [2.75, 3.05) is 25.3 Å². The van der Waals surface area contributed by atoms with Crippen LogP contribution in [0, 0.1) is 0 Å². The molecule has 1 aliphatic heterocycles. The van der Waals surface area contributed by atoms with Gasteiger partial charge in [-0.25, -0.2) is 5.01 Å². The van der Waals surface area contributed by atoms with E-state index in [4.69, 9.17) is 14.2 Å². The van der Waals surface area contributed by atoms with Crippen LogP contribution in [0.15, 0.2) is 84.4 Å². The predicted molar refractivity (Wildman–Crippen MR) is 125 cm³/mol. The van der Waals surface area contributed by atoms with Crippen LogP contribution in [-0.4, -0.2) is 32.1 Å². The van der Waals surface area contributed by atoms with Crippen LogP contribution in [0.25, 0.3) is 6.08 Å². The molecule has 7 heteroatoms. The van der Waals surface area contributed by atoms with E-state index in [1.165, 1.54) is 5.01 Å². The Kier molecular flexibility index (Phi) is 6.90. The maximum absolute atomic E-state index is 12.8. The summed E-state index contributed by atoms with van der Waals surface area (Å²) in [5.74, 6) is 1.04. The zero-order valence-corrected chi connectivity index (χ0v) is 18.2. The summed E-state index contributed by atoms with van der Waals surface area (Å²) in [6.07, 6.45) is 2.24. The van der Waals surface area contributed by atoms with E-state index in [1.54, 1.807) is 55.7 Å². The fourth-order valence-electron chi connectivity index (χ4n) is 3.32. The van der Waals surface area contributed by atoms with Gasteiger partial charge in [-0.3, -0.25) is 15.0 Å². The average Bonchev–Trinajstić information content (AvgIpc) is 3.14. The van der Waals surface area contributed by atoms with Crippen molar-refractivity contribution in [3.63, 3.8) is 0 Å². The van der Waals surface area contributed by atoms with Crippen molar-refractivity contribution in [1.82, 2.24) is 5.43 Å². The molecular weight excluding hydrogens is 420 g/mol. The predicted octanol–water partition coefficient (Wildman–Crippen LogP) is 4.00. The molecule has 33 heavy (non-hydrogen) atoms. The standard InChI is InChI=1S/C26H24N2O5/c1-31-24-18-19(13-14-23(24)33-16-8-15-32-21-11-6-3-7-12-21)17-22-25(29)27-28(26(22)30)20-9-4-2-5-10-20/h2-7,9-14,17-18H,8,15-16H2,1H3,(H,27,29)/b22-17+. The van der Waals surface area contributed by atoms with Crippen molar-refractivity contribution < 1.29 is 23.8 Å². The Hall–Kier alpha value is -4.26. The van der Waals surface area contributed by atoms with Crippen LogP contribution < -0.4 is 24.6 Å². The highest BCUT2D eigenvalue weighted by Gasteiger charge is 2.34. The smallest absolute Gasteiger partial charge is 0.282 e. The van der Waals surface area contributed by atoms with E-state index in [0.29, 0.717) is 42.4 Å². The van der Waals surface area contributed by atoms with E-state index < -0.39 is 11.8 Å². The highest BCUT2D eigenvalue weighted by molar-refractivity contribution is 6.31. The first-order valence-corrected chi connectivity index (χ1v) is 10.6. The number of methoxy groups -OCH3 is 1. The van der Waals surface area contributed by atoms with Gasteiger partial charge in [-0.05, 0) is 48.0 Å². The number of hydrazine groups is 1. The summed E-state index contributed by atoms with van der Waals surface area (Å²) >= 11 is 0. The van der Waals surface area contributed by atoms with Gasteiger partial charge in [-0.1, -0.05) is 42.5 Å². The molecule has 0 aliphatic carbocycles. The monoisotopic (exact) mass is 444 g/mol. The van der Waals surface area contributed by atoms with E-state index in [-0.39, 0.29) is 5.57 Å². The number of nitrogens with zero attached hydrogens (tertiary/aromatic N) is 1. The van der Waals surface area contributed by atoms with Crippen molar-refractivity contribution in [1.29, 1.82) is 0 Å². The van der Waals surface area contributed by atoms with Crippen LogP contribution in [0.4, 0.5) is 5.69 Å². The Morgan fingerprint density at radius 3 is 2.27 bits per heavy atom. The summed E-state index contributed by atoms with van der Waals surface area (Å²) in [5.41, 5.74) is 3.89. The maximum atomic E-state index is 12.8. The second-order valence-electron chi connectivity index (χ2n) is 7.25. The number of ether oxygens (including phenoxy) is 3. The first-order valence-electron chi connectivity index (χ1n) is 10.6. The molecule has 0 spiro atoms. The summed E-state index contributed by atoms with van der Waals surface area (Å²) in [6.45, 7) is 0.988. The largest absolute Gasteiger partial charge is 0.493 e. The molecule has 0 atom stereocenters. The van der Waals surface area contributed by atoms with Crippen molar-refractivity contribution in [3.8, 4) is 17.2 Å². The molecule has 4 rings (SSSR count). The van der Waals surface area contributed by atoms with Gasteiger partial charge in [0.2, 0.25) is 0 Å². The van der Waals surface area contributed by atoms with Crippen molar-refractivity contribution >= 4 is 23.6 Å². The summed E-state index contributed by atoms with van der Waals surface area (Å²) in [6, 6.07) is 23.8. The Balaban J connectivity index is 1.38. The van der Waals surface area contributed by atoms with Crippen LogP contribution in [-0.2, 0) is 9.59 Å². The van der Waals surface area contributed by atoms with Gasteiger partial charge in [-0.2, -0.15) is 0 Å². The number of hydrogen-bond donors (Lipinski definition) is 1. The molecule has 1 aliphatic rings. The summed E-state index contributed by atoms with van der Waals surface area (Å²) in [5, 5.41) is 1.24. The van der Waals surface area contributed by atoms with Crippen LogP contribution in [0.1, 0.15) is 12.0 Å². The quantitative estimate of drug-likeness (QED) is 0.307.